The van der Waals surface area contributed by atoms with Gasteiger partial charge >= 0.3 is 7.32 Å². The minimum Gasteiger partial charge on any atom is -0.429 e. The Morgan fingerprint density at radius 2 is 1.00 bits per heavy atom. The van der Waals surface area contributed by atoms with E-state index < -0.39 is 31.6 Å². The van der Waals surface area contributed by atoms with Gasteiger partial charge in [-0.25, -0.2) is 0 Å². The van der Waals surface area contributed by atoms with Gasteiger partial charge in [-0.05, 0) is 52.4 Å². The van der Waals surface area contributed by atoms with E-state index in [0.717, 1.165) is 0 Å². The van der Waals surface area contributed by atoms with E-state index in [9.17, 15) is 0 Å². The van der Waals surface area contributed by atoms with Crippen LogP contribution in [0.4, 0.5) is 0 Å². The molecule has 0 amide bonds. The Morgan fingerprint density at radius 1 is 0.688 bits per heavy atom. The molecular formula is C8H24BClO3Si3. The van der Waals surface area contributed by atoms with Gasteiger partial charge in [0.05, 0.1) is 0 Å². The van der Waals surface area contributed by atoms with Crippen LogP contribution in [0.5, 0.6) is 0 Å². The maximum absolute atomic E-state index is 6.17. The first-order valence-electron chi connectivity index (χ1n) is 5.51. The quantitative estimate of drug-likeness (QED) is 0.553. The van der Waals surface area contributed by atoms with Crippen molar-refractivity contribution in [1.82, 2.24) is 0 Å². The van der Waals surface area contributed by atoms with E-state index in [-0.39, 0.29) is 0 Å². The zero-order valence-electron chi connectivity index (χ0n) is 11.7. The molecule has 0 radical (unpaired) electrons. The van der Waals surface area contributed by atoms with Crippen molar-refractivity contribution in [2.75, 3.05) is 0 Å². The highest BCUT2D eigenvalue weighted by molar-refractivity contribution is 7.16. The lowest BCUT2D eigenvalue weighted by molar-refractivity contribution is 0.303. The second-order valence-corrected chi connectivity index (χ2v) is 20.8. The molecule has 0 aliphatic rings. The van der Waals surface area contributed by atoms with E-state index in [4.69, 9.17) is 24.1 Å². The Morgan fingerprint density at radius 3 is 1.19 bits per heavy atom. The van der Waals surface area contributed by atoms with E-state index >= 15 is 0 Å². The van der Waals surface area contributed by atoms with Gasteiger partial charge in [-0.1, -0.05) is 0 Å². The molecule has 3 nitrogen and oxygen atoms in total. The van der Waals surface area contributed by atoms with Crippen molar-refractivity contribution in [3.05, 3.63) is 0 Å². The summed E-state index contributed by atoms with van der Waals surface area (Å²) < 4.78 is 17.5. The predicted molar refractivity (Wildman–Crippen MR) is 79.0 cm³/mol. The third-order valence-corrected chi connectivity index (χ3v) is 4.10. The van der Waals surface area contributed by atoms with Gasteiger partial charge in [0, 0.05) is 0 Å². The summed E-state index contributed by atoms with van der Waals surface area (Å²) in [4.78, 5) is 0. The second kappa shape index (κ2) is 5.68. The molecule has 0 atom stereocenters. The van der Waals surface area contributed by atoms with E-state index in [1.54, 1.807) is 0 Å². The average molecular weight is 299 g/mol. The van der Waals surface area contributed by atoms with Crippen LogP contribution < -0.4 is 0 Å². The average Bonchev–Trinajstić information content (AvgIpc) is 1.70. The number of hydrogen-bond donors (Lipinski definition) is 0. The summed E-state index contributed by atoms with van der Waals surface area (Å²) in [6, 6.07) is 0. The standard InChI is InChI=1S/C8H24BClO3Si3/c1-14(2,3)11-9(12-15(4,5)6)13-16(7,8)10/h1-8H3. The van der Waals surface area contributed by atoms with Crippen LogP contribution in [0.2, 0.25) is 52.4 Å². The molecule has 0 rings (SSSR count). The predicted octanol–water partition coefficient (Wildman–Crippen LogP) is 3.63. The minimum atomic E-state index is -2.15. The van der Waals surface area contributed by atoms with Crippen LogP contribution in [0, 0.1) is 0 Å². The summed E-state index contributed by atoms with van der Waals surface area (Å²) in [5.41, 5.74) is 0. The molecule has 0 aromatic rings. The lowest BCUT2D eigenvalue weighted by Crippen LogP contribution is -2.48. The molecule has 8 heteroatoms. The first-order valence-corrected chi connectivity index (χ1v) is 16.2. The Bertz CT molecular complexity index is 184. The Balaban J connectivity index is 4.53. The third kappa shape index (κ3) is 11.4. The molecule has 0 aliphatic carbocycles. The van der Waals surface area contributed by atoms with Crippen LogP contribution >= 0.6 is 11.1 Å². The van der Waals surface area contributed by atoms with Gasteiger partial charge in [-0.2, -0.15) is 0 Å². The summed E-state index contributed by atoms with van der Waals surface area (Å²) in [6.07, 6.45) is 0. The normalized spacial score (nSPS) is 14.1. The number of rotatable bonds is 6. The first kappa shape index (κ1) is 16.9. The molecule has 0 fully saturated rings. The molecule has 96 valence electrons. The lowest BCUT2D eigenvalue weighted by atomic mass is 10.3. The minimum absolute atomic E-state index is 0.586. The van der Waals surface area contributed by atoms with Gasteiger partial charge in [-0.15, -0.1) is 11.1 Å². The van der Waals surface area contributed by atoms with Gasteiger partial charge < -0.3 is 13.0 Å². The van der Waals surface area contributed by atoms with Crippen molar-refractivity contribution < 1.29 is 13.0 Å². The van der Waals surface area contributed by atoms with Crippen molar-refractivity contribution in [2.24, 2.45) is 0 Å². The number of halogens is 1. The van der Waals surface area contributed by atoms with Crippen LogP contribution in [0.25, 0.3) is 0 Å². The molecule has 0 saturated carbocycles. The zero-order valence-corrected chi connectivity index (χ0v) is 15.4. The van der Waals surface area contributed by atoms with Crippen molar-refractivity contribution >= 4 is 42.7 Å². The van der Waals surface area contributed by atoms with Crippen LogP contribution in [0.15, 0.2) is 0 Å². The van der Waals surface area contributed by atoms with Crippen molar-refractivity contribution in [3.8, 4) is 0 Å². The summed E-state index contributed by atoms with van der Waals surface area (Å²) >= 11 is 6.17. The fourth-order valence-corrected chi connectivity index (χ4v) is 3.29. The fraction of sp³-hybridized carbons (Fsp3) is 1.00. The van der Waals surface area contributed by atoms with Crippen LogP contribution in [0.1, 0.15) is 0 Å². The SMILES string of the molecule is C[Si](C)(C)OB(O[Si](C)(C)C)O[Si](C)(C)Cl. The molecule has 16 heavy (non-hydrogen) atoms. The summed E-state index contributed by atoms with van der Waals surface area (Å²) in [5.74, 6) is 0. The summed E-state index contributed by atoms with van der Waals surface area (Å²) in [7, 11) is -6.11. The molecule has 0 aromatic heterocycles. The largest absolute Gasteiger partial charge is 0.607 e. The fourth-order valence-electron chi connectivity index (χ4n) is 0.878. The van der Waals surface area contributed by atoms with Crippen molar-refractivity contribution in [3.63, 3.8) is 0 Å². The highest BCUT2D eigenvalue weighted by atomic mass is 35.6. The van der Waals surface area contributed by atoms with Gasteiger partial charge in [0.25, 0.3) is 7.63 Å². The Kier molecular flexibility index (Phi) is 6.00. The van der Waals surface area contributed by atoms with Crippen LogP contribution in [-0.2, 0) is 13.0 Å². The van der Waals surface area contributed by atoms with Gasteiger partial charge in [-0.3, -0.25) is 0 Å². The van der Waals surface area contributed by atoms with Crippen LogP contribution in [0.3, 0.4) is 0 Å². The van der Waals surface area contributed by atoms with Crippen LogP contribution in [-0.4, -0.2) is 31.6 Å². The van der Waals surface area contributed by atoms with Crippen molar-refractivity contribution in [2.45, 2.75) is 52.4 Å². The smallest absolute Gasteiger partial charge is 0.429 e. The lowest BCUT2D eigenvalue weighted by Gasteiger charge is -2.30. The van der Waals surface area contributed by atoms with E-state index in [1.807, 2.05) is 13.1 Å². The van der Waals surface area contributed by atoms with E-state index in [1.165, 1.54) is 0 Å². The van der Waals surface area contributed by atoms with Gasteiger partial charge in [0.1, 0.15) is 0 Å². The summed E-state index contributed by atoms with van der Waals surface area (Å²) in [5, 5.41) is 0. The molecular weight excluding hydrogens is 275 g/mol. The highest BCUT2D eigenvalue weighted by Gasteiger charge is 2.38. The van der Waals surface area contributed by atoms with E-state index in [0.29, 0.717) is 0 Å². The number of hydrogen-bond acceptors (Lipinski definition) is 3. The highest BCUT2D eigenvalue weighted by Crippen LogP contribution is 2.18. The first-order chi connectivity index (χ1) is 6.79. The Labute approximate surface area is 108 Å². The molecule has 0 saturated heterocycles. The van der Waals surface area contributed by atoms with Crippen molar-refractivity contribution in [1.29, 1.82) is 0 Å². The molecule has 0 unspecified atom stereocenters. The molecule has 0 heterocycles. The molecule has 0 spiro atoms. The maximum atomic E-state index is 6.17. The summed E-state index contributed by atoms with van der Waals surface area (Å²) in [6.45, 7) is 16.5. The monoisotopic (exact) mass is 298 g/mol. The molecule has 0 bridgehead atoms. The maximum Gasteiger partial charge on any atom is 0.607 e. The third-order valence-electron chi connectivity index (χ3n) is 1.28. The molecule has 0 N–H and O–H groups in total. The van der Waals surface area contributed by atoms with E-state index in [2.05, 4.69) is 39.3 Å². The van der Waals surface area contributed by atoms with Gasteiger partial charge in [0.2, 0.25) is 0 Å². The zero-order chi connectivity index (χ0) is 13.2. The topological polar surface area (TPSA) is 27.7 Å². The second-order valence-electron chi connectivity index (χ2n) is 6.23. The Hall–Kier alpha value is 0.886. The van der Waals surface area contributed by atoms with Gasteiger partial charge in [0.15, 0.2) is 16.6 Å². The molecule has 0 aliphatic heterocycles. The molecule has 0 aromatic carbocycles.